The Labute approximate surface area is 173 Å². The van der Waals surface area contributed by atoms with Gasteiger partial charge in [0, 0.05) is 40.9 Å². The summed E-state index contributed by atoms with van der Waals surface area (Å²) in [5.41, 5.74) is 6.18. The first-order valence-corrected chi connectivity index (χ1v) is 10.7. The third kappa shape index (κ3) is 3.06. The molecule has 1 fully saturated rings. The highest BCUT2D eigenvalue weighted by Crippen LogP contribution is 2.46. The van der Waals surface area contributed by atoms with Crippen molar-refractivity contribution < 1.29 is 19.0 Å². The predicted molar refractivity (Wildman–Crippen MR) is 112 cm³/mol. The molecular weight excluding hydrogens is 386 g/mol. The molecule has 5 rings (SSSR count). The van der Waals surface area contributed by atoms with Crippen LogP contribution in [0.5, 0.6) is 0 Å². The Morgan fingerprint density at radius 3 is 2.62 bits per heavy atom. The van der Waals surface area contributed by atoms with Crippen molar-refractivity contribution in [3.8, 4) is 11.1 Å². The highest BCUT2D eigenvalue weighted by molar-refractivity contribution is 7.19. The Balaban J connectivity index is 1.84. The summed E-state index contributed by atoms with van der Waals surface area (Å²) in [4.78, 5) is 19.8. The van der Waals surface area contributed by atoms with Gasteiger partial charge in [0.25, 0.3) is 0 Å². The Kier molecular flexibility index (Phi) is 4.28. The van der Waals surface area contributed by atoms with Gasteiger partial charge in [0.1, 0.15) is 4.83 Å². The third-order valence-electron chi connectivity index (χ3n) is 5.54. The normalized spacial score (nSPS) is 20.7. The van der Waals surface area contributed by atoms with Gasteiger partial charge in [-0.15, -0.1) is 11.3 Å². The summed E-state index contributed by atoms with van der Waals surface area (Å²) < 4.78 is 17.2. The molecule has 1 atom stereocenters. The van der Waals surface area contributed by atoms with Crippen molar-refractivity contribution in [3.63, 3.8) is 0 Å². The molecule has 0 aliphatic carbocycles. The molecule has 0 N–H and O–H groups in total. The van der Waals surface area contributed by atoms with E-state index >= 15 is 0 Å². The van der Waals surface area contributed by atoms with Gasteiger partial charge in [0.2, 0.25) is 5.79 Å². The summed E-state index contributed by atoms with van der Waals surface area (Å²) in [6, 6.07) is 8.42. The van der Waals surface area contributed by atoms with Crippen LogP contribution in [0.3, 0.4) is 0 Å². The number of hydrogen-bond acceptors (Lipinski definition) is 6. The maximum Gasteiger partial charge on any atom is 0.342 e. The fraction of sp³-hybridized carbons (Fsp3) is 0.391. The van der Waals surface area contributed by atoms with Gasteiger partial charge in [-0.3, -0.25) is 0 Å². The highest BCUT2D eigenvalue weighted by Gasteiger charge is 2.44. The van der Waals surface area contributed by atoms with E-state index in [0.717, 1.165) is 39.0 Å². The van der Waals surface area contributed by atoms with E-state index in [0.29, 0.717) is 13.2 Å². The first-order valence-electron chi connectivity index (χ1n) is 9.84. The lowest BCUT2D eigenvalue weighted by Crippen LogP contribution is -2.20. The Bertz CT molecular complexity index is 1130. The van der Waals surface area contributed by atoms with Crippen LogP contribution in [0.25, 0.3) is 21.3 Å². The number of nitrogens with zero attached hydrogens (tertiary/aromatic N) is 1. The molecule has 150 valence electrons. The van der Waals surface area contributed by atoms with Gasteiger partial charge in [-0.1, -0.05) is 29.8 Å². The lowest BCUT2D eigenvalue weighted by Gasteiger charge is -2.20. The number of thiophene rings is 1. The molecule has 0 amide bonds. The van der Waals surface area contributed by atoms with Crippen LogP contribution < -0.4 is 0 Å². The van der Waals surface area contributed by atoms with Crippen LogP contribution in [0.15, 0.2) is 24.3 Å². The van der Waals surface area contributed by atoms with Crippen LogP contribution in [0, 0.1) is 13.8 Å². The van der Waals surface area contributed by atoms with E-state index in [1.165, 1.54) is 16.0 Å². The average Bonchev–Trinajstić information content (AvgIpc) is 3.16. The molecule has 29 heavy (non-hydrogen) atoms. The lowest BCUT2D eigenvalue weighted by molar-refractivity contribution is -0.160. The zero-order chi connectivity index (χ0) is 20.3. The first kappa shape index (κ1) is 18.7. The predicted octanol–water partition coefficient (Wildman–Crippen LogP) is 5.00. The van der Waals surface area contributed by atoms with Crippen LogP contribution in [-0.2, 0) is 32.0 Å². The topological polar surface area (TPSA) is 57.7 Å². The second-order valence-electron chi connectivity index (χ2n) is 8.16. The fourth-order valence-electron chi connectivity index (χ4n) is 4.25. The van der Waals surface area contributed by atoms with E-state index in [2.05, 4.69) is 31.2 Å². The Morgan fingerprint density at radius 2 is 1.93 bits per heavy atom. The molecular formula is C23H23NO4S. The van der Waals surface area contributed by atoms with Gasteiger partial charge >= 0.3 is 5.97 Å². The molecule has 0 spiro atoms. The largest absolute Gasteiger partial charge is 0.431 e. The number of esters is 1. The number of hydrogen-bond donors (Lipinski definition) is 0. The second-order valence-corrected chi connectivity index (χ2v) is 9.24. The number of ether oxygens (including phenoxy) is 3. The minimum atomic E-state index is -0.949. The number of aromatic nitrogens is 1. The molecule has 5 nitrogen and oxygen atoms in total. The molecule has 1 unspecified atom stereocenters. The van der Waals surface area contributed by atoms with Crippen molar-refractivity contribution in [2.45, 2.75) is 52.6 Å². The average molecular weight is 410 g/mol. The molecule has 2 aliphatic heterocycles. The van der Waals surface area contributed by atoms with Gasteiger partial charge in [-0.2, -0.15) is 0 Å². The number of pyridine rings is 1. The summed E-state index contributed by atoms with van der Waals surface area (Å²) in [6.45, 7) is 8.87. The van der Waals surface area contributed by atoms with Crippen molar-refractivity contribution >= 4 is 27.5 Å². The molecule has 0 saturated carbocycles. The van der Waals surface area contributed by atoms with Gasteiger partial charge < -0.3 is 14.2 Å². The molecule has 2 aromatic heterocycles. The van der Waals surface area contributed by atoms with Gasteiger partial charge in [0.15, 0.2) is 6.10 Å². The van der Waals surface area contributed by atoms with E-state index < -0.39 is 11.9 Å². The second kappa shape index (κ2) is 6.62. The molecule has 0 bridgehead atoms. The van der Waals surface area contributed by atoms with Crippen LogP contribution >= 0.6 is 11.3 Å². The molecule has 1 aromatic carbocycles. The maximum atomic E-state index is 12.8. The molecule has 3 aromatic rings. The van der Waals surface area contributed by atoms with Gasteiger partial charge in [-0.25, -0.2) is 9.78 Å². The Morgan fingerprint density at radius 1 is 1.17 bits per heavy atom. The van der Waals surface area contributed by atoms with Crippen molar-refractivity contribution in [3.05, 3.63) is 51.5 Å². The van der Waals surface area contributed by atoms with E-state index in [9.17, 15) is 4.79 Å². The number of fused-ring (bicyclic) bond motifs is 3. The van der Waals surface area contributed by atoms with Crippen LogP contribution in [0.1, 0.15) is 47.2 Å². The van der Waals surface area contributed by atoms with Crippen molar-refractivity contribution in [2.24, 2.45) is 0 Å². The maximum absolute atomic E-state index is 12.8. The van der Waals surface area contributed by atoms with E-state index in [4.69, 9.17) is 19.2 Å². The monoisotopic (exact) mass is 409 g/mol. The number of rotatable bonds is 2. The van der Waals surface area contributed by atoms with E-state index in [-0.39, 0.29) is 5.97 Å². The number of benzene rings is 1. The fourth-order valence-corrected chi connectivity index (χ4v) is 5.46. The zero-order valence-electron chi connectivity index (χ0n) is 17.0. The van der Waals surface area contributed by atoms with Gasteiger partial charge in [-0.05, 0) is 31.4 Å². The number of cyclic esters (lactones) is 1. The zero-order valence-corrected chi connectivity index (χ0v) is 17.8. The Hall–Kier alpha value is -2.28. The molecule has 0 radical (unpaired) electrons. The van der Waals surface area contributed by atoms with Gasteiger partial charge in [0.05, 0.1) is 13.2 Å². The van der Waals surface area contributed by atoms with Crippen molar-refractivity contribution in [2.75, 3.05) is 6.61 Å². The molecule has 6 heteroatoms. The molecule has 2 aliphatic rings. The summed E-state index contributed by atoms with van der Waals surface area (Å²) in [5, 5.41) is 1.12. The number of carbonyl (C=O) groups excluding carboxylic acids is 1. The van der Waals surface area contributed by atoms with Crippen LogP contribution in [0.2, 0.25) is 0 Å². The van der Waals surface area contributed by atoms with Crippen molar-refractivity contribution in [1.82, 2.24) is 4.98 Å². The van der Waals surface area contributed by atoms with E-state index in [1.54, 1.807) is 25.2 Å². The smallest absolute Gasteiger partial charge is 0.342 e. The third-order valence-corrected chi connectivity index (χ3v) is 6.64. The van der Waals surface area contributed by atoms with Crippen LogP contribution in [0.4, 0.5) is 0 Å². The summed E-state index contributed by atoms with van der Waals surface area (Å²) in [5.74, 6) is -1.31. The van der Waals surface area contributed by atoms with Crippen molar-refractivity contribution in [1.29, 1.82) is 0 Å². The lowest BCUT2D eigenvalue weighted by atomic mass is 9.90. The standard InChI is InChI=1S/C23H23NO4S/c1-12-5-7-14(8-6-12)18-17(20-22(25)28-23(3,4)27-20)13(2)24-21-19(18)15-9-10-26-11-16(15)29-21/h5-8,20H,9-11H2,1-4H3. The minimum Gasteiger partial charge on any atom is -0.431 e. The molecule has 4 heterocycles. The SMILES string of the molecule is Cc1ccc(-c2c(C3OC(C)(C)OC3=O)c(C)nc3sc4c(c23)CCOC4)cc1. The minimum absolute atomic E-state index is 0.361. The summed E-state index contributed by atoms with van der Waals surface area (Å²) in [7, 11) is 0. The molecule has 1 saturated heterocycles. The number of aryl methyl sites for hydroxylation is 2. The highest BCUT2D eigenvalue weighted by atomic mass is 32.1. The van der Waals surface area contributed by atoms with E-state index in [1.807, 2.05) is 6.92 Å². The summed E-state index contributed by atoms with van der Waals surface area (Å²) in [6.07, 6.45) is 0.0634. The first-order chi connectivity index (χ1) is 13.8. The summed E-state index contributed by atoms with van der Waals surface area (Å²) >= 11 is 1.68. The van der Waals surface area contributed by atoms with Crippen LogP contribution in [-0.4, -0.2) is 23.3 Å². The quantitative estimate of drug-likeness (QED) is 0.557. The number of carbonyl (C=O) groups is 1.